The number of halogens is 1. The first-order valence-electron chi connectivity index (χ1n) is 7.06. The summed E-state index contributed by atoms with van der Waals surface area (Å²) in [7, 11) is 0. The lowest BCUT2D eigenvalue weighted by molar-refractivity contribution is 0.102. The molecule has 0 spiro atoms. The summed E-state index contributed by atoms with van der Waals surface area (Å²) in [6, 6.07) is 17.9. The van der Waals surface area contributed by atoms with Crippen molar-refractivity contribution in [1.29, 1.82) is 0 Å². The normalized spacial score (nSPS) is 11.0. The van der Waals surface area contributed by atoms with Gasteiger partial charge in [-0.15, -0.1) is 0 Å². The van der Waals surface area contributed by atoms with Crippen LogP contribution in [-0.2, 0) is 0 Å². The molecule has 3 nitrogen and oxygen atoms in total. The Morgan fingerprint density at radius 3 is 2.65 bits per heavy atom. The molecule has 1 heterocycles. The van der Waals surface area contributed by atoms with Crippen LogP contribution in [0.1, 0.15) is 10.4 Å². The van der Waals surface area contributed by atoms with Crippen LogP contribution < -0.4 is 5.32 Å². The number of aromatic nitrogens is 1. The molecule has 0 bridgehead atoms. The number of benzene rings is 3. The Balaban J connectivity index is 1.74. The molecule has 112 valence electrons. The summed E-state index contributed by atoms with van der Waals surface area (Å²) in [5, 5.41) is 5.27. The summed E-state index contributed by atoms with van der Waals surface area (Å²) in [5.74, 6) is -1.04. The van der Waals surface area contributed by atoms with Crippen LogP contribution in [0.4, 0.5) is 9.52 Å². The molecule has 0 aliphatic rings. The van der Waals surface area contributed by atoms with Crippen molar-refractivity contribution in [3.05, 3.63) is 72.0 Å². The van der Waals surface area contributed by atoms with E-state index in [4.69, 9.17) is 0 Å². The molecule has 0 unspecified atom stereocenters. The van der Waals surface area contributed by atoms with Gasteiger partial charge in [-0.25, -0.2) is 9.37 Å². The monoisotopic (exact) mass is 322 g/mol. The van der Waals surface area contributed by atoms with Gasteiger partial charge in [0, 0.05) is 5.39 Å². The fourth-order valence-electron chi connectivity index (χ4n) is 2.52. The summed E-state index contributed by atoms with van der Waals surface area (Å²) in [6.45, 7) is 0. The topological polar surface area (TPSA) is 42.0 Å². The van der Waals surface area contributed by atoms with Crippen LogP contribution >= 0.6 is 11.3 Å². The molecule has 1 aromatic heterocycles. The van der Waals surface area contributed by atoms with Gasteiger partial charge in [0.1, 0.15) is 5.82 Å². The van der Waals surface area contributed by atoms with Gasteiger partial charge in [0.15, 0.2) is 5.13 Å². The second-order valence-electron chi connectivity index (χ2n) is 5.09. The van der Waals surface area contributed by atoms with E-state index in [2.05, 4.69) is 10.3 Å². The van der Waals surface area contributed by atoms with E-state index in [0.717, 1.165) is 21.0 Å². The summed E-state index contributed by atoms with van der Waals surface area (Å²) < 4.78 is 14.7. The Kier molecular flexibility index (Phi) is 3.28. The number of nitrogens with zero attached hydrogens (tertiary/aromatic N) is 1. The lowest BCUT2D eigenvalue weighted by Crippen LogP contribution is -2.13. The summed E-state index contributed by atoms with van der Waals surface area (Å²) in [5.41, 5.74) is 0.855. The van der Waals surface area contributed by atoms with Gasteiger partial charge in [0.05, 0.1) is 15.8 Å². The van der Waals surface area contributed by atoms with Crippen LogP contribution in [0.15, 0.2) is 60.7 Å². The van der Waals surface area contributed by atoms with E-state index in [-0.39, 0.29) is 5.56 Å². The van der Waals surface area contributed by atoms with Gasteiger partial charge in [-0.2, -0.15) is 0 Å². The number of fused-ring (bicyclic) bond motifs is 3. The lowest BCUT2D eigenvalue weighted by atomic mass is 10.1. The molecule has 0 fully saturated rings. The van der Waals surface area contributed by atoms with Crippen LogP contribution in [0.5, 0.6) is 0 Å². The van der Waals surface area contributed by atoms with Crippen LogP contribution in [0, 0.1) is 5.82 Å². The molecule has 0 atom stereocenters. The predicted octanol–water partition coefficient (Wildman–Crippen LogP) is 4.84. The maximum absolute atomic E-state index is 13.7. The van der Waals surface area contributed by atoms with Crippen LogP contribution in [-0.4, -0.2) is 10.9 Å². The molecule has 0 saturated carbocycles. The smallest absolute Gasteiger partial charge is 0.260 e. The minimum Gasteiger partial charge on any atom is -0.298 e. The average molecular weight is 322 g/mol. The number of thiazole rings is 1. The number of carbonyl (C=O) groups is 1. The number of amides is 1. The van der Waals surface area contributed by atoms with Crippen molar-refractivity contribution in [2.24, 2.45) is 0 Å². The van der Waals surface area contributed by atoms with E-state index in [1.54, 1.807) is 12.1 Å². The van der Waals surface area contributed by atoms with Crippen molar-refractivity contribution in [3.63, 3.8) is 0 Å². The van der Waals surface area contributed by atoms with Crippen LogP contribution in [0.3, 0.4) is 0 Å². The standard InChI is InChI=1S/C18H11FN2OS/c19-14-8-4-3-7-13(14)17(22)21-18-20-16-12-6-2-1-5-11(12)9-10-15(16)23-18/h1-10H,(H,20,21,22). The van der Waals surface area contributed by atoms with Crippen molar-refractivity contribution in [2.45, 2.75) is 0 Å². The highest BCUT2D eigenvalue weighted by molar-refractivity contribution is 7.22. The van der Waals surface area contributed by atoms with E-state index in [1.165, 1.54) is 23.5 Å². The molecule has 5 heteroatoms. The molecule has 3 aromatic carbocycles. The highest BCUT2D eigenvalue weighted by atomic mass is 32.1. The molecule has 0 saturated heterocycles. The largest absolute Gasteiger partial charge is 0.298 e. The van der Waals surface area contributed by atoms with Crippen molar-refractivity contribution < 1.29 is 9.18 Å². The average Bonchev–Trinajstić information content (AvgIpc) is 2.98. The van der Waals surface area contributed by atoms with Crippen molar-refractivity contribution in [2.75, 3.05) is 5.32 Å². The Hall–Kier alpha value is -2.79. The van der Waals surface area contributed by atoms with E-state index in [9.17, 15) is 9.18 Å². The molecule has 4 aromatic rings. The Morgan fingerprint density at radius 2 is 1.78 bits per heavy atom. The maximum Gasteiger partial charge on any atom is 0.260 e. The molecule has 0 aliphatic heterocycles. The van der Waals surface area contributed by atoms with E-state index < -0.39 is 11.7 Å². The first kappa shape index (κ1) is 13.8. The summed E-state index contributed by atoms with van der Waals surface area (Å²) >= 11 is 1.38. The second-order valence-corrected chi connectivity index (χ2v) is 6.12. The van der Waals surface area contributed by atoms with Gasteiger partial charge in [0.2, 0.25) is 0 Å². The van der Waals surface area contributed by atoms with Gasteiger partial charge in [-0.05, 0) is 23.6 Å². The number of carbonyl (C=O) groups excluding carboxylic acids is 1. The Bertz CT molecular complexity index is 1040. The second kappa shape index (κ2) is 5.44. The molecule has 23 heavy (non-hydrogen) atoms. The fraction of sp³-hybridized carbons (Fsp3) is 0. The third-order valence-corrected chi connectivity index (χ3v) is 4.56. The van der Waals surface area contributed by atoms with Crippen molar-refractivity contribution >= 4 is 43.4 Å². The third-order valence-electron chi connectivity index (χ3n) is 3.62. The third kappa shape index (κ3) is 2.45. The number of hydrogen-bond donors (Lipinski definition) is 1. The van der Waals surface area contributed by atoms with E-state index >= 15 is 0 Å². The predicted molar refractivity (Wildman–Crippen MR) is 91.5 cm³/mol. The highest BCUT2D eigenvalue weighted by Crippen LogP contribution is 2.31. The van der Waals surface area contributed by atoms with Gasteiger partial charge in [-0.3, -0.25) is 10.1 Å². The molecule has 0 aliphatic carbocycles. The number of anilines is 1. The van der Waals surface area contributed by atoms with E-state index in [0.29, 0.717) is 5.13 Å². The van der Waals surface area contributed by atoms with Gasteiger partial charge in [-0.1, -0.05) is 53.8 Å². The quantitative estimate of drug-likeness (QED) is 0.574. The van der Waals surface area contributed by atoms with Crippen LogP contribution in [0.25, 0.3) is 21.0 Å². The Morgan fingerprint density at radius 1 is 1.00 bits per heavy atom. The summed E-state index contributed by atoms with van der Waals surface area (Å²) in [4.78, 5) is 16.7. The number of rotatable bonds is 2. The highest BCUT2D eigenvalue weighted by Gasteiger charge is 2.14. The molecular formula is C18H11FN2OS. The first-order valence-corrected chi connectivity index (χ1v) is 7.88. The molecule has 1 N–H and O–H groups in total. The summed E-state index contributed by atoms with van der Waals surface area (Å²) in [6.07, 6.45) is 0. The van der Waals surface area contributed by atoms with Crippen molar-refractivity contribution in [3.8, 4) is 0 Å². The van der Waals surface area contributed by atoms with E-state index in [1.807, 2.05) is 36.4 Å². The zero-order chi connectivity index (χ0) is 15.8. The molecule has 1 amide bonds. The molecule has 0 radical (unpaired) electrons. The van der Waals surface area contributed by atoms with Crippen LogP contribution in [0.2, 0.25) is 0 Å². The fourth-order valence-corrected chi connectivity index (χ4v) is 3.40. The zero-order valence-corrected chi connectivity index (χ0v) is 12.7. The number of nitrogens with one attached hydrogen (secondary N) is 1. The Labute approximate surface area is 135 Å². The van der Waals surface area contributed by atoms with Gasteiger partial charge in [0.25, 0.3) is 5.91 Å². The van der Waals surface area contributed by atoms with Crippen molar-refractivity contribution in [1.82, 2.24) is 4.98 Å². The minimum absolute atomic E-state index is 0.0108. The maximum atomic E-state index is 13.7. The number of hydrogen-bond acceptors (Lipinski definition) is 3. The SMILES string of the molecule is O=C(Nc1nc2c(ccc3ccccc32)s1)c1ccccc1F. The lowest BCUT2D eigenvalue weighted by Gasteiger charge is -2.02. The zero-order valence-electron chi connectivity index (χ0n) is 11.9. The van der Waals surface area contributed by atoms with Gasteiger partial charge >= 0.3 is 0 Å². The van der Waals surface area contributed by atoms with Gasteiger partial charge < -0.3 is 0 Å². The molecule has 4 rings (SSSR count). The first-order chi connectivity index (χ1) is 11.2. The molecular weight excluding hydrogens is 311 g/mol. The minimum atomic E-state index is -0.545.